The van der Waals surface area contributed by atoms with E-state index in [-0.39, 0.29) is 0 Å². The van der Waals surface area contributed by atoms with Gasteiger partial charge in [0.2, 0.25) is 0 Å². The molecule has 0 aliphatic heterocycles. The number of terminal acetylenes is 2. The van der Waals surface area contributed by atoms with Gasteiger partial charge in [0.15, 0.2) is 0 Å². The van der Waals surface area contributed by atoms with Crippen molar-refractivity contribution in [3.63, 3.8) is 0 Å². The second-order valence-corrected chi connectivity index (χ2v) is 5.01. The Morgan fingerprint density at radius 1 is 0.462 bits per heavy atom. The Kier molecular flexibility index (Phi) is 5.08. The van der Waals surface area contributed by atoms with Crippen LogP contribution in [0.5, 0.6) is 0 Å². The first-order valence-corrected chi connectivity index (χ1v) is 7.65. The summed E-state index contributed by atoms with van der Waals surface area (Å²) < 4.78 is 0. The maximum atomic E-state index is 5.34. The Balaban J connectivity index is 1.84. The molecular formula is C23H11N3. The van der Waals surface area contributed by atoms with Gasteiger partial charge in [0, 0.05) is 0 Å². The van der Waals surface area contributed by atoms with Crippen LogP contribution in [0.1, 0.15) is 34.2 Å². The molecule has 3 aromatic heterocycles. The summed E-state index contributed by atoms with van der Waals surface area (Å²) in [5.41, 5.74) is 3.46. The van der Waals surface area contributed by atoms with Gasteiger partial charge in [0.05, 0.1) is 0 Å². The average Bonchev–Trinajstić information content (AvgIpc) is 2.71. The summed E-state index contributed by atoms with van der Waals surface area (Å²) in [6.45, 7) is 0. The third kappa shape index (κ3) is 4.37. The van der Waals surface area contributed by atoms with Crippen LogP contribution >= 0.6 is 0 Å². The molecular weight excluding hydrogens is 318 g/mol. The van der Waals surface area contributed by atoms with Crippen molar-refractivity contribution >= 4 is 0 Å². The third-order valence-electron chi connectivity index (χ3n) is 3.18. The van der Waals surface area contributed by atoms with Crippen molar-refractivity contribution in [2.45, 2.75) is 0 Å². The molecule has 0 fully saturated rings. The Morgan fingerprint density at radius 2 is 0.731 bits per heavy atom. The zero-order valence-electron chi connectivity index (χ0n) is 13.7. The molecule has 0 saturated heterocycles. The monoisotopic (exact) mass is 329 g/mol. The molecule has 0 bridgehead atoms. The molecule has 3 nitrogen and oxygen atoms in total. The van der Waals surface area contributed by atoms with E-state index < -0.39 is 0 Å². The summed E-state index contributed by atoms with van der Waals surface area (Å²) in [5.74, 6) is 16.8. The zero-order valence-corrected chi connectivity index (χ0v) is 13.7. The van der Waals surface area contributed by atoms with Crippen LogP contribution in [0, 0.1) is 48.4 Å². The lowest BCUT2D eigenvalue weighted by Gasteiger charge is -1.94. The smallest absolute Gasteiger partial charge is 0.115 e. The van der Waals surface area contributed by atoms with E-state index in [0.717, 1.165) is 0 Å². The van der Waals surface area contributed by atoms with Crippen molar-refractivity contribution < 1.29 is 0 Å². The first-order chi connectivity index (χ1) is 12.8. The minimum absolute atomic E-state index is 0.547. The SMILES string of the molecule is C#Cc1cccc(C#Cc2cccc(C#Cc3cccc(C#C)n3)n2)n1. The molecule has 118 valence electrons. The van der Waals surface area contributed by atoms with E-state index in [9.17, 15) is 0 Å². The molecule has 0 unspecified atom stereocenters. The Morgan fingerprint density at radius 3 is 1.04 bits per heavy atom. The van der Waals surface area contributed by atoms with Gasteiger partial charge in [-0.15, -0.1) is 12.8 Å². The molecule has 3 heterocycles. The van der Waals surface area contributed by atoms with Gasteiger partial charge < -0.3 is 0 Å². The number of aromatic nitrogens is 3. The summed E-state index contributed by atoms with van der Waals surface area (Å²) >= 11 is 0. The van der Waals surface area contributed by atoms with Gasteiger partial charge >= 0.3 is 0 Å². The van der Waals surface area contributed by atoms with Crippen LogP contribution in [-0.4, -0.2) is 15.0 Å². The summed E-state index contributed by atoms with van der Waals surface area (Å²) in [6, 6.07) is 16.2. The van der Waals surface area contributed by atoms with Gasteiger partial charge in [-0.25, -0.2) is 15.0 Å². The molecule has 0 aromatic carbocycles. The summed E-state index contributed by atoms with van der Waals surface area (Å²) in [6.07, 6.45) is 10.7. The maximum absolute atomic E-state index is 5.34. The highest BCUT2D eigenvalue weighted by Crippen LogP contribution is 2.01. The molecule has 0 saturated carbocycles. The Labute approximate surface area is 152 Å². The van der Waals surface area contributed by atoms with Crippen LogP contribution in [0.2, 0.25) is 0 Å². The van der Waals surface area contributed by atoms with Gasteiger partial charge in [-0.3, -0.25) is 0 Å². The van der Waals surface area contributed by atoms with Gasteiger partial charge in [-0.1, -0.05) is 30.0 Å². The summed E-state index contributed by atoms with van der Waals surface area (Å²) in [7, 11) is 0. The highest BCUT2D eigenvalue weighted by Gasteiger charge is 1.95. The molecule has 0 amide bonds. The largest absolute Gasteiger partial charge is 0.231 e. The summed E-state index contributed by atoms with van der Waals surface area (Å²) in [4.78, 5) is 12.9. The van der Waals surface area contributed by atoms with Crippen molar-refractivity contribution in [2.24, 2.45) is 0 Å². The first kappa shape index (κ1) is 16.5. The summed E-state index contributed by atoms with van der Waals surface area (Å²) in [5, 5.41) is 0. The minimum atomic E-state index is 0.547. The van der Waals surface area contributed by atoms with Crippen molar-refractivity contribution in [2.75, 3.05) is 0 Å². The van der Waals surface area contributed by atoms with E-state index in [2.05, 4.69) is 50.5 Å². The van der Waals surface area contributed by atoms with Crippen molar-refractivity contribution in [1.29, 1.82) is 0 Å². The average molecular weight is 329 g/mol. The van der Waals surface area contributed by atoms with E-state index in [1.807, 2.05) is 18.2 Å². The topological polar surface area (TPSA) is 38.7 Å². The van der Waals surface area contributed by atoms with E-state index in [4.69, 9.17) is 12.8 Å². The van der Waals surface area contributed by atoms with E-state index in [1.165, 1.54) is 0 Å². The molecule has 0 radical (unpaired) electrons. The molecule has 26 heavy (non-hydrogen) atoms. The number of pyridine rings is 3. The number of rotatable bonds is 0. The van der Waals surface area contributed by atoms with Gasteiger partial charge in [0.25, 0.3) is 0 Å². The van der Waals surface area contributed by atoms with Crippen LogP contribution < -0.4 is 0 Å². The molecule has 0 atom stereocenters. The maximum Gasteiger partial charge on any atom is 0.115 e. The number of hydrogen-bond acceptors (Lipinski definition) is 3. The van der Waals surface area contributed by atoms with Crippen molar-refractivity contribution in [3.8, 4) is 48.4 Å². The zero-order chi connectivity index (χ0) is 18.2. The van der Waals surface area contributed by atoms with Crippen LogP contribution in [0.15, 0.2) is 54.6 Å². The van der Waals surface area contributed by atoms with Crippen LogP contribution in [0.3, 0.4) is 0 Å². The number of hydrogen-bond donors (Lipinski definition) is 0. The number of nitrogens with zero attached hydrogens (tertiary/aromatic N) is 3. The highest BCUT2D eigenvalue weighted by molar-refractivity contribution is 5.42. The van der Waals surface area contributed by atoms with Gasteiger partial charge in [-0.05, 0) is 60.1 Å². The first-order valence-electron chi connectivity index (χ1n) is 7.65. The van der Waals surface area contributed by atoms with Gasteiger partial charge in [-0.2, -0.15) is 0 Å². The van der Waals surface area contributed by atoms with E-state index >= 15 is 0 Å². The van der Waals surface area contributed by atoms with Crippen LogP contribution in [0.4, 0.5) is 0 Å². The molecule has 3 aromatic rings. The van der Waals surface area contributed by atoms with E-state index in [0.29, 0.717) is 34.2 Å². The lowest BCUT2D eigenvalue weighted by atomic mass is 10.2. The fourth-order valence-electron chi connectivity index (χ4n) is 2.00. The molecule has 3 heteroatoms. The normalized spacial score (nSPS) is 8.85. The fraction of sp³-hybridized carbons (Fsp3) is 0. The predicted molar refractivity (Wildman–Crippen MR) is 101 cm³/mol. The minimum Gasteiger partial charge on any atom is -0.231 e. The molecule has 0 N–H and O–H groups in total. The predicted octanol–water partition coefficient (Wildman–Crippen LogP) is 2.63. The lowest BCUT2D eigenvalue weighted by molar-refractivity contribution is 1.23. The van der Waals surface area contributed by atoms with Gasteiger partial charge in [0.1, 0.15) is 34.2 Å². The second kappa shape index (κ2) is 7.99. The van der Waals surface area contributed by atoms with Crippen molar-refractivity contribution in [1.82, 2.24) is 15.0 Å². The van der Waals surface area contributed by atoms with Crippen LogP contribution in [-0.2, 0) is 0 Å². The molecule has 0 spiro atoms. The molecule has 0 aliphatic carbocycles. The Bertz CT molecular complexity index is 1080. The Hall–Kier alpha value is -4.31. The molecule has 0 aliphatic rings. The lowest BCUT2D eigenvalue weighted by Crippen LogP contribution is -1.90. The van der Waals surface area contributed by atoms with Crippen molar-refractivity contribution in [3.05, 3.63) is 88.8 Å². The molecule has 3 rings (SSSR count). The van der Waals surface area contributed by atoms with E-state index in [1.54, 1.807) is 36.4 Å². The van der Waals surface area contributed by atoms with Crippen LogP contribution in [0.25, 0.3) is 0 Å². The standard InChI is InChI=1S/C23H11N3/c1-3-18-8-5-10-20(24-18)14-16-22-12-7-13-23(26-22)17-15-21-11-6-9-19(4-2)25-21/h1-2,5-13H. The second-order valence-electron chi connectivity index (χ2n) is 5.01. The third-order valence-corrected chi connectivity index (χ3v) is 3.18. The highest BCUT2D eigenvalue weighted by atomic mass is 14.7. The quantitative estimate of drug-likeness (QED) is 0.595. The fourth-order valence-corrected chi connectivity index (χ4v) is 2.00.